The van der Waals surface area contributed by atoms with Crippen molar-refractivity contribution >= 4 is 23.7 Å². The summed E-state index contributed by atoms with van der Waals surface area (Å²) in [7, 11) is 3.36. The van der Waals surface area contributed by atoms with Crippen LogP contribution in [0.2, 0.25) is 0 Å². The number of nitrogens with one attached hydrogen (secondary N) is 2. The lowest BCUT2D eigenvalue weighted by Crippen LogP contribution is -2.59. The molecule has 4 rings (SSSR count). The van der Waals surface area contributed by atoms with Gasteiger partial charge >= 0.3 is 12.1 Å². The maximum absolute atomic E-state index is 13.1. The highest BCUT2D eigenvalue weighted by Gasteiger charge is 2.51. The van der Waals surface area contributed by atoms with Gasteiger partial charge in [0.25, 0.3) is 5.91 Å². The first-order valence-electron chi connectivity index (χ1n) is 12.1. The Labute approximate surface area is 206 Å². The summed E-state index contributed by atoms with van der Waals surface area (Å²) in [6.07, 6.45) is 2.49. The smallest absolute Gasteiger partial charge is 0.411 e. The van der Waals surface area contributed by atoms with E-state index in [1.165, 1.54) is 4.90 Å². The number of aromatic nitrogens is 1. The summed E-state index contributed by atoms with van der Waals surface area (Å²) >= 11 is 0. The molecule has 0 unspecified atom stereocenters. The van der Waals surface area contributed by atoms with Crippen LogP contribution in [0.15, 0.2) is 36.4 Å². The van der Waals surface area contributed by atoms with Gasteiger partial charge in [-0.15, -0.1) is 0 Å². The second kappa shape index (κ2) is 9.28. The van der Waals surface area contributed by atoms with Gasteiger partial charge in [0, 0.05) is 45.1 Å². The van der Waals surface area contributed by atoms with Crippen molar-refractivity contribution in [1.29, 1.82) is 0 Å². The number of hydrogen-bond acceptors (Lipinski definition) is 4. The number of hydrogen-bond donors (Lipinski definition) is 2. The Hall–Kier alpha value is -3.49. The fraction of sp³-hybridized carbons (Fsp3) is 0.500. The van der Waals surface area contributed by atoms with E-state index in [9.17, 15) is 14.4 Å². The maximum atomic E-state index is 13.1. The van der Waals surface area contributed by atoms with Crippen molar-refractivity contribution in [2.45, 2.75) is 64.3 Å². The van der Waals surface area contributed by atoms with E-state index in [0.29, 0.717) is 31.0 Å². The number of carbonyl (C=O) groups excluding carboxylic acids is 3. The normalized spacial score (nSPS) is 16.2. The highest BCUT2D eigenvalue weighted by molar-refractivity contribution is 5.93. The fourth-order valence-electron chi connectivity index (χ4n) is 4.70. The number of amides is 4. The zero-order valence-corrected chi connectivity index (χ0v) is 21.2. The third-order valence-electron chi connectivity index (χ3n) is 6.61. The molecule has 0 atom stereocenters. The van der Waals surface area contributed by atoms with Gasteiger partial charge in [-0.25, -0.2) is 9.59 Å². The number of anilines is 1. The summed E-state index contributed by atoms with van der Waals surface area (Å²) in [6.45, 7) is 7.06. The Kier molecular flexibility index (Phi) is 6.53. The van der Waals surface area contributed by atoms with E-state index in [4.69, 9.17) is 4.74 Å². The van der Waals surface area contributed by atoms with Gasteiger partial charge in [-0.05, 0) is 69.9 Å². The molecule has 0 bridgehead atoms. The van der Waals surface area contributed by atoms with Crippen molar-refractivity contribution in [3.63, 3.8) is 0 Å². The molecule has 35 heavy (non-hydrogen) atoms. The molecule has 188 valence electrons. The van der Waals surface area contributed by atoms with Crippen LogP contribution in [-0.2, 0) is 23.4 Å². The third kappa shape index (κ3) is 4.99. The van der Waals surface area contributed by atoms with Crippen LogP contribution in [0, 0.1) is 0 Å². The van der Waals surface area contributed by atoms with Gasteiger partial charge in [0.05, 0.1) is 5.54 Å². The molecule has 2 aliphatic rings. The number of benzene rings is 1. The Bertz CT molecular complexity index is 1110. The van der Waals surface area contributed by atoms with Crippen molar-refractivity contribution < 1.29 is 19.1 Å². The van der Waals surface area contributed by atoms with Gasteiger partial charge in [0.1, 0.15) is 11.3 Å². The maximum Gasteiger partial charge on any atom is 0.411 e. The lowest BCUT2D eigenvalue weighted by atomic mass is 9.72. The number of ether oxygens (including phenoxy) is 1. The zero-order chi connectivity index (χ0) is 25.4. The zero-order valence-electron chi connectivity index (χ0n) is 21.2. The minimum atomic E-state index is -0.553. The first-order valence-corrected chi connectivity index (χ1v) is 12.1. The van der Waals surface area contributed by atoms with Crippen LogP contribution in [0.1, 0.15) is 61.8 Å². The van der Waals surface area contributed by atoms with E-state index in [1.54, 1.807) is 14.1 Å². The molecule has 9 heteroatoms. The third-order valence-corrected chi connectivity index (χ3v) is 6.61. The molecule has 9 nitrogen and oxygen atoms in total. The average Bonchev–Trinajstić information content (AvgIpc) is 3.19. The largest absolute Gasteiger partial charge is 0.444 e. The summed E-state index contributed by atoms with van der Waals surface area (Å²) in [6, 6.07) is 11.0. The SMILES string of the molecule is CN(C)C(=O)Nc1ccc(CNC(=O)c2ccc3n2CCN(C(=O)OC(C)(C)C)C32CCC2)cc1. The molecule has 1 fully saturated rings. The standard InChI is InChI=1S/C26H35N5O4/c1-25(2,3)35-24(34)31-16-15-30-20(11-12-21(30)26(31)13-6-14-26)22(32)27-17-18-7-9-19(10-8-18)28-23(33)29(4)5/h7-12H,6,13-17H2,1-5H3,(H,27,32)(H,28,33). The van der Waals surface area contributed by atoms with Crippen LogP contribution < -0.4 is 10.6 Å². The van der Waals surface area contributed by atoms with Crippen molar-refractivity contribution in [1.82, 2.24) is 19.7 Å². The van der Waals surface area contributed by atoms with E-state index in [-0.39, 0.29) is 18.0 Å². The monoisotopic (exact) mass is 481 g/mol. The minimum Gasteiger partial charge on any atom is -0.444 e. The molecule has 1 aromatic carbocycles. The first-order chi connectivity index (χ1) is 16.5. The molecule has 2 N–H and O–H groups in total. The second-order valence-corrected chi connectivity index (χ2v) is 10.5. The molecule has 1 aliphatic carbocycles. The van der Waals surface area contributed by atoms with E-state index in [0.717, 1.165) is 30.5 Å². The number of rotatable bonds is 4. The van der Waals surface area contributed by atoms with E-state index in [2.05, 4.69) is 15.2 Å². The molecule has 1 aromatic heterocycles. The predicted molar refractivity (Wildman–Crippen MR) is 133 cm³/mol. The van der Waals surface area contributed by atoms with E-state index >= 15 is 0 Å². The van der Waals surface area contributed by atoms with Crippen LogP contribution in [0.4, 0.5) is 15.3 Å². The van der Waals surface area contributed by atoms with Crippen LogP contribution >= 0.6 is 0 Å². The lowest BCUT2D eigenvalue weighted by Gasteiger charge is -2.53. The van der Waals surface area contributed by atoms with Crippen LogP contribution in [-0.4, -0.2) is 58.6 Å². The number of carbonyl (C=O) groups is 3. The topological polar surface area (TPSA) is 95.9 Å². The molecular formula is C26H35N5O4. The van der Waals surface area contributed by atoms with Gasteiger partial charge in [-0.1, -0.05) is 12.1 Å². The molecule has 0 saturated heterocycles. The Morgan fingerprint density at radius 3 is 2.29 bits per heavy atom. The lowest BCUT2D eigenvalue weighted by molar-refractivity contribution is -0.0426. The van der Waals surface area contributed by atoms with Gasteiger partial charge in [0.2, 0.25) is 0 Å². The van der Waals surface area contributed by atoms with Gasteiger partial charge in [-0.2, -0.15) is 0 Å². The summed E-state index contributed by atoms with van der Waals surface area (Å²) in [5, 5.41) is 5.79. The van der Waals surface area contributed by atoms with Crippen molar-refractivity contribution in [2.75, 3.05) is 26.0 Å². The Morgan fingerprint density at radius 1 is 1.03 bits per heavy atom. The van der Waals surface area contributed by atoms with E-state index in [1.807, 2.05) is 62.1 Å². The van der Waals surface area contributed by atoms with Crippen molar-refractivity contribution in [3.8, 4) is 0 Å². The second-order valence-electron chi connectivity index (χ2n) is 10.5. The number of fused-ring (bicyclic) bond motifs is 2. The van der Waals surface area contributed by atoms with Crippen molar-refractivity contribution in [2.24, 2.45) is 0 Å². The molecule has 0 radical (unpaired) electrons. The Balaban J connectivity index is 1.43. The average molecular weight is 482 g/mol. The minimum absolute atomic E-state index is 0.151. The van der Waals surface area contributed by atoms with Crippen LogP contribution in [0.3, 0.4) is 0 Å². The number of nitrogens with zero attached hydrogens (tertiary/aromatic N) is 3. The van der Waals surface area contributed by atoms with Crippen LogP contribution in [0.5, 0.6) is 0 Å². The molecule has 1 aliphatic heterocycles. The highest BCUT2D eigenvalue weighted by Crippen LogP contribution is 2.49. The highest BCUT2D eigenvalue weighted by atomic mass is 16.6. The summed E-state index contributed by atoms with van der Waals surface area (Å²) in [4.78, 5) is 41.1. The number of urea groups is 1. The molecule has 4 amide bonds. The van der Waals surface area contributed by atoms with Gasteiger partial charge in [0.15, 0.2) is 0 Å². The first kappa shape index (κ1) is 24.6. The van der Waals surface area contributed by atoms with Gasteiger partial charge < -0.3 is 24.8 Å². The predicted octanol–water partition coefficient (Wildman–Crippen LogP) is 4.14. The van der Waals surface area contributed by atoms with Gasteiger partial charge in [-0.3, -0.25) is 9.69 Å². The summed E-state index contributed by atoms with van der Waals surface area (Å²) < 4.78 is 7.73. The fourth-order valence-corrected chi connectivity index (χ4v) is 4.70. The molecule has 2 aromatic rings. The Morgan fingerprint density at radius 2 is 1.71 bits per heavy atom. The molecule has 1 saturated carbocycles. The molecule has 2 heterocycles. The van der Waals surface area contributed by atoms with Crippen molar-refractivity contribution in [3.05, 3.63) is 53.3 Å². The molecule has 1 spiro atoms. The quantitative estimate of drug-likeness (QED) is 0.686. The van der Waals surface area contributed by atoms with E-state index < -0.39 is 11.1 Å². The summed E-state index contributed by atoms with van der Waals surface area (Å²) in [5.74, 6) is -0.151. The molecular weight excluding hydrogens is 446 g/mol. The summed E-state index contributed by atoms with van der Waals surface area (Å²) in [5.41, 5.74) is 2.28. The van der Waals surface area contributed by atoms with Crippen LogP contribution in [0.25, 0.3) is 0 Å².